The van der Waals surface area contributed by atoms with Crippen molar-refractivity contribution in [1.29, 1.82) is 0 Å². The fourth-order valence-electron chi connectivity index (χ4n) is 7.15. The van der Waals surface area contributed by atoms with Crippen molar-refractivity contribution >= 4 is 22.9 Å². The zero-order valence-electron chi connectivity index (χ0n) is 30.3. The van der Waals surface area contributed by atoms with E-state index in [0.29, 0.717) is 5.57 Å². The van der Waals surface area contributed by atoms with E-state index in [9.17, 15) is 70.6 Å². The number of aliphatic hydroxyl groups excluding tert-OH is 7. The number of carbonyl (C=O) groups excluding carboxylic acids is 1. The maximum Gasteiger partial charge on any atom is 0.351 e. The predicted octanol–water partition coefficient (Wildman–Crippen LogP) is -3.25. The lowest BCUT2D eigenvalue weighted by Crippen LogP contribution is -2.70. The summed E-state index contributed by atoms with van der Waals surface area (Å²) in [6.45, 7) is -0.402. The summed E-state index contributed by atoms with van der Waals surface area (Å²) >= 11 is 0. The second kappa shape index (κ2) is 15.4. The number of phenols is 3. The fraction of sp³-hybridized carbons (Fsp3) is 0.395. The van der Waals surface area contributed by atoms with Crippen molar-refractivity contribution in [3.05, 3.63) is 69.5 Å². The van der Waals surface area contributed by atoms with Gasteiger partial charge in [-0.15, -0.1) is 0 Å². The second-order valence-electron chi connectivity index (χ2n) is 14.2. The Hall–Kier alpha value is -5.77. The SMILES string of the molecule is NC1C=CC(Cc2c(O[C@H]3O[C@@]4(CC#C[C@]5(C(=O)O)O[C@H](OC4=O)[C@H](O)[C@@H](O)[C@@H]5O)[C@@H](O)[C@H](O)[C@H]3O)cc3oc(-c4cc(O)c(O)c(CCO)c4)cc(=O)c3c2O)=CN1. The van der Waals surface area contributed by atoms with Crippen LogP contribution in [0.4, 0.5) is 0 Å². The number of carboxylic acids is 1. The molecule has 2 bridgehead atoms. The summed E-state index contributed by atoms with van der Waals surface area (Å²) in [6, 6.07) is 4.53. The van der Waals surface area contributed by atoms with E-state index in [2.05, 4.69) is 17.2 Å². The van der Waals surface area contributed by atoms with Gasteiger partial charge >= 0.3 is 11.9 Å². The summed E-state index contributed by atoms with van der Waals surface area (Å²) < 4.78 is 28.3. The molecule has 59 heavy (non-hydrogen) atoms. The Morgan fingerprint density at radius 3 is 2.36 bits per heavy atom. The molecule has 2 saturated heterocycles. The third-order valence-corrected chi connectivity index (χ3v) is 10.4. The Bertz CT molecular complexity index is 2390. The number of nitrogens with two attached hydrogens (primary N) is 1. The van der Waals surface area contributed by atoms with Gasteiger partial charge in [0.2, 0.25) is 18.2 Å². The van der Waals surface area contributed by atoms with Gasteiger partial charge in [-0.25, -0.2) is 9.59 Å². The molecule has 2 fully saturated rings. The highest BCUT2D eigenvalue weighted by Gasteiger charge is 2.64. The molecule has 21 heteroatoms. The maximum absolute atomic E-state index is 13.9. The highest BCUT2D eigenvalue weighted by Crippen LogP contribution is 2.43. The van der Waals surface area contributed by atoms with Crippen LogP contribution in [0, 0.1) is 11.8 Å². The Morgan fingerprint density at radius 1 is 0.949 bits per heavy atom. The van der Waals surface area contributed by atoms with Gasteiger partial charge in [-0.3, -0.25) is 4.79 Å². The van der Waals surface area contributed by atoms with Crippen LogP contribution in [0.2, 0.25) is 0 Å². The third kappa shape index (κ3) is 7.00. The van der Waals surface area contributed by atoms with Crippen molar-refractivity contribution in [3.8, 4) is 46.2 Å². The van der Waals surface area contributed by atoms with E-state index in [1.165, 1.54) is 12.3 Å². The number of benzene rings is 2. The molecule has 3 aromatic rings. The summed E-state index contributed by atoms with van der Waals surface area (Å²) in [5, 5.41) is 119. The van der Waals surface area contributed by atoms with Crippen LogP contribution in [-0.4, -0.2) is 141 Å². The molecule has 1 unspecified atom stereocenters. The molecule has 7 rings (SSSR count). The van der Waals surface area contributed by atoms with Crippen molar-refractivity contribution in [2.75, 3.05) is 6.61 Å². The van der Waals surface area contributed by atoms with Crippen LogP contribution in [0.25, 0.3) is 22.3 Å². The van der Waals surface area contributed by atoms with Crippen LogP contribution >= 0.6 is 0 Å². The molecule has 2 aromatic carbocycles. The minimum absolute atomic E-state index is 0.0712. The van der Waals surface area contributed by atoms with Gasteiger partial charge in [0.05, 0.1) is 12.6 Å². The number of hydrogen-bond donors (Lipinski definition) is 13. The normalized spacial score (nSPS) is 32.8. The number of aliphatic carboxylic acids is 1. The number of rotatable bonds is 8. The first-order chi connectivity index (χ1) is 27.9. The molecule has 14 N–H and O–H groups in total. The van der Waals surface area contributed by atoms with E-state index in [0.717, 1.165) is 18.2 Å². The van der Waals surface area contributed by atoms with Gasteiger partial charge < -0.3 is 90.6 Å². The first kappa shape index (κ1) is 41.4. The molecule has 21 nitrogen and oxygen atoms in total. The van der Waals surface area contributed by atoms with E-state index in [4.69, 9.17) is 29.1 Å². The monoisotopic (exact) mass is 826 g/mol. The molecule has 5 heterocycles. The number of dihydropyridines is 1. The summed E-state index contributed by atoms with van der Waals surface area (Å²) in [6.07, 6.45) is -15.6. The Balaban J connectivity index is 1.34. The van der Waals surface area contributed by atoms with Gasteiger partial charge in [-0.2, -0.15) is 0 Å². The van der Waals surface area contributed by atoms with E-state index in [1.54, 1.807) is 12.2 Å². The number of aromatic hydroxyl groups is 3. The van der Waals surface area contributed by atoms with Crippen LogP contribution in [0.15, 0.2) is 57.4 Å². The number of carbonyl (C=O) groups is 2. The number of hydrogen-bond acceptors (Lipinski definition) is 20. The molecule has 0 saturated carbocycles. The average molecular weight is 827 g/mol. The lowest BCUT2D eigenvalue weighted by Gasteiger charge is -2.47. The summed E-state index contributed by atoms with van der Waals surface area (Å²) in [5.41, 5.74) is -0.603. The highest BCUT2D eigenvalue weighted by molar-refractivity contribution is 5.89. The molecular weight excluding hydrogens is 788 g/mol. The van der Waals surface area contributed by atoms with Crippen molar-refractivity contribution < 1.29 is 89.1 Å². The van der Waals surface area contributed by atoms with Crippen LogP contribution in [0.3, 0.4) is 0 Å². The smallest absolute Gasteiger partial charge is 0.351 e. The molecule has 1 spiro atoms. The largest absolute Gasteiger partial charge is 0.507 e. The van der Waals surface area contributed by atoms with Crippen molar-refractivity contribution in [3.63, 3.8) is 0 Å². The lowest BCUT2D eigenvalue weighted by atomic mass is 9.83. The number of aliphatic hydroxyl groups is 7. The number of phenolic OH excluding ortho intramolecular Hbond substituents is 3. The van der Waals surface area contributed by atoms with Gasteiger partial charge in [0, 0.05) is 48.1 Å². The molecular formula is C38H38N2O19. The van der Waals surface area contributed by atoms with E-state index in [-0.39, 0.29) is 46.3 Å². The Labute approximate surface area is 331 Å². The van der Waals surface area contributed by atoms with Crippen LogP contribution in [0.5, 0.6) is 23.0 Å². The van der Waals surface area contributed by atoms with Gasteiger partial charge in [0.25, 0.3) is 5.60 Å². The first-order valence-corrected chi connectivity index (χ1v) is 17.8. The summed E-state index contributed by atoms with van der Waals surface area (Å²) in [7, 11) is 0. The molecule has 0 radical (unpaired) electrons. The van der Waals surface area contributed by atoms with E-state index < -0.39 is 120 Å². The van der Waals surface area contributed by atoms with Crippen LogP contribution in [0.1, 0.15) is 17.5 Å². The predicted molar refractivity (Wildman–Crippen MR) is 194 cm³/mol. The average Bonchev–Trinajstić information content (AvgIpc) is 3.25. The van der Waals surface area contributed by atoms with Gasteiger partial charge in [-0.05, 0) is 30.2 Å². The maximum atomic E-state index is 13.9. The third-order valence-electron chi connectivity index (χ3n) is 10.4. The standard InChI is InChI=1S/C38H38N2O19/c39-23-3-2-14(13-40-23)8-17-21(12-22-24(26(17)45)18(42)11-20(55-22)16-9-15(4-7-41)25(44)19(43)10-16)56-33-29(48)28(47)32(51)38(59-33)6-1-5-37(35(52)53)31(50)27(46)30(49)34(58-37)57-36(38)54/h2-3,9-13,23,27-34,40-41,43-51H,4,6-8,39H2,(H,52,53)/t23?,27-,28-,29-,30-,31+,32+,33+,34+,37+,38+/m1/s1. The topological polar surface area (TPSA) is 362 Å². The van der Waals surface area contributed by atoms with Crippen LogP contribution < -0.4 is 21.2 Å². The number of esters is 1. The van der Waals surface area contributed by atoms with Gasteiger partial charge in [0.1, 0.15) is 64.9 Å². The lowest BCUT2D eigenvalue weighted by molar-refractivity contribution is -0.329. The fourth-order valence-corrected chi connectivity index (χ4v) is 7.15. The Kier molecular flexibility index (Phi) is 10.8. The second-order valence-corrected chi connectivity index (χ2v) is 14.2. The first-order valence-electron chi connectivity index (χ1n) is 17.8. The molecule has 1 aromatic heterocycles. The highest BCUT2D eigenvalue weighted by atomic mass is 16.8. The quantitative estimate of drug-likeness (QED) is 0.0602. The minimum Gasteiger partial charge on any atom is -0.507 e. The van der Waals surface area contributed by atoms with Crippen LogP contribution in [-0.2, 0) is 36.6 Å². The number of fused-ring (bicyclic) bond motifs is 3. The Morgan fingerprint density at radius 2 is 1.68 bits per heavy atom. The number of ether oxygens (including phenoxy) is 4. The number of allylic oxidation sites excluding steroid dienone is 2. The van der Waals surface area contributed by atoms with E-state index in [1.807, 2.05) is 0 Å². The molecule has 0 aliphatic carbocycles. The molecule has 4 aliphatic rings. The summed E-state index contributed by atoms with van der Waals surface area (Å²) in [5.74, 6) is -1.65. The zero-order chi connectivity index (χ0) is 42.7. The zero-order valence-corrected chi connectivity index (χ0v) is 30.3. The van der Waals surface area contributed by atoms with Gasteiger partial charge in [0.15, 0.2) is 16.9 Å². The molecule has 314 valence electrons. The van der Waals surface area contributed by atoms with Gasteiger partial charge in [-0.1, -0.05) is 17.9 Å². The van der Waals surface area contributed by atoms with Crippen molar-refractivity contribution in [1.82, 2.24) is 5.32 Å². The number of nitrogens with one attached hydrogen (secondary N) is 1. The minimum atomic E-state index is -2.97. The molecule has 4 aliphatic heterocycles. The van der Waals surface area contributed by atoms with E-state index >= 15 is 0 Å². The number of carboxylic acid groups (broad SMARTS) is 1. The van der Waals surface area contributed by atoms with Crippen molar-refractivity contribution in [2.45, 2.75) is 85.8 Å². The molecule has 0 amide bonds. The summed E-state index contributed by atoms with van der Waals surface area (Å²) in [4.78, 5) is 39.9. The molecule has 11 atom stereocenters. The van der Waals surface area contributed by atoms with Crippen molar-refractivity contribution in [2.24, 2.45) is 5.73 Å².